The molecule has 14 heavy (non-hydrogen) atoms. The number of hydrogen-bond donors (Lipinski definition) is 1. The highest BCUT2D eigenvalue weighted by atomic mass is 16.5. The Labute approximate surface area is 82.6 Å². The average molecular weight is 201 g/mol. The van der Waals surface area contributed by atoms with Gasteiger partial charge in [-0.1, -0.05) is 0 Å². The van der Waals surface area contributed by atoms with E-state index in [4.69, 9.17) is 5.11 Å². The highest BCUT2D eigenvalue weighted by Gasteiger charge is 2.35. The molecule has 0 bridgehead atoms. The van der Waals surface area contributed by atoms with E-state index in [1.807, 2.05) is 0 Å². The maximum Gasteiger partial charge on any atom is 0.410 e. The Kier molecular flexibility index (Phi) is 3.46. The third-order valence-corrected chi connectivity index (χ3v) is 2.45. The third kappa shape index (κ3) is 2.04. The van der Waals surface area contributed by atoms with Crippen LogP contribution in [0, 0.1) is 0 Å². The average Bonchev–Trinajstić information content (AvgIpc) is 2.15. The molecule has 0 aromatic rings. The second-order valence-corrected chi connectivity index (χ2v) is 3.51. The van der Waals surface area contributed by atoms with E-state index in [2.05, 4.69) is 4.74 Å². The number of hydrogen-bond acceptors (Lipinski definition) is 4. The minimum Gasteiger partial charge on any atom is -0.453 e. The van der Waals surface area contributed by atoms with Gasteiger partial charge in [0.2, 0.25) is 0 Å². The number of amides is 1. The van der Waals surface area contributed by atoms with Gasteiger partial charge in [-0.2, -0.15) is 0 Å². The summed E-state index contributed by atoms with van der Waals surface area (Å²) in [7, 11) is 1.29. The standard InChI is InChI=1S/C9H15NO4/c1-6-3-8(12)4-7(5-11)10(6)9(13)14-2/h6-7,11H,3-5H2,1-2H3. The molecule has 0 radical (unpaired) electrons. The van der Waals surface area contributed by atoms with Gasteiger partial charge < -0.3 is 9.84 Å². The molecule has 5 nitrogen and oxygen atoms in total. The largest absolute Gasteiger partial charge is 0.453 e. The van der Waals surface area contributed by atoms with E-state index in [1.54, 1.807) is 6.92 Å². The van der Waals surface area contributed by atoms with E-state index >= 15 is 0 Å². The summed E-state index contributed by atoms with van der Waals surface area (Å²) < 4.78 is 4.59. The molecular weight excluding hydrogens is 186 g/mol. The Morgan fingerprint density at radius 3 is 2.79 bits per heavy atom. The molecule has 1 N–H and O–H groups in total. The third-order valence-electron chi connectivity index (χ3n) is 2.45. The number of ketones is 1. The number of nitrogens with zero attached hydrogens (tertiary/aromatic N) is 1. The SMILES string of the molecule is COC(=O)N1C(C)CC(=O)CC1CO. The van der Waals surface area contributed by atoms with E-state index < -0.39 is 12.1 Å². The smallest absolute Gasteiger partial charge is 0.410 e. The molecule has 0 aromatic carbocycles. The van der Waals surface area contributed by atoms with E-state index in [1.165, 1.54) is 12.0 Å². The van der Waals surface area contributed by atoms with Crippen molar-refractivity contribution in [2.45, 2.75) is 31.8 Å². The Hall–Kier alpha value is -1.10. The first-order valence-corrected chi connectivity index (χ1v) is 4.59. The van der Waals surface area contributed by atoms with Crippen LogP contribution in [0.25, 0.3) is 0 Å². The second-order valence-electron chi connectivity index (χ2n) is 3.51. The van der Waals surface area contributed by atoms with Crippen molar-refractivity contribution in [3.05, 3.63) is 0 Å². The van der Waals surface area contributed by atoms with Crippen LogP contribution in [0.3, 0.4) is 0 Å². The normalized spacial score (nSPS) is 27.6. The summed E-state index contributed by atoms with van der Waals surface area (Å²) >= 11 is 0. The first kappa shape index (κ1) is 11.0. The molecule has 0 saturated carbocycles. The van der Waals surface area contributed by atoms with Gasteiger partial charge in [-0.3, -0.25) is 9.69 Å². The van der Waals surface area contributed by atoms with Crippen molar-refractivity contribution in [1.29, 1.82) is 0 Å². The highest BCUT2D eigenvalue weighted by Crippen LogP contribution is 2.20. The predicted molar refractivity (Wildman–Crippen MR) is 48.8 cm³/mol. The van der Waals surface area contributed by atoms with Crippen molar-refractivity contribution >= 4 is 11.9 Å². The summed E-state index contributed by atoms with van der Waals surface area (Å²) in [6.45, 7) is 1.57. The molecule has 80 valence electrons. The fourth-order valence-corrected chi connectivity index (χ4v) is 1.82. The van der Waals surface area contributed by atoms with Gasteiger partial charge in [0.05, 0.1) is 19.8 Å². The first-order chi connectivity index (χ1) is 6.60. The first-order valence-electron chi connectivity index (χ1n) is 4.59. The summed E-state index contributed by atoms with van der Waals surface area (Å²) in [5.41, 5.74) is 0. The van der Waals surface area contributed by atoms with Crippen molar-refractivity contribution in [3.8, 4) is 0 Å². The monoisotopic (exact) mass is 201 g/mol. The van der Waals surface area contributed by atoms with Gasteiger partial charge in [0.25, 0.3) is 0 Å². The zero-order valence-corrected chi connectivity index (χ0v) is 8.40. The molecule has 1 fully saturated rings. The van der Waals surface area contributed by atoms with Crippen LogP contribution in [0.2, 0.25) is 0 Å². The van der Waals surface area contributed by atoms with Crippen LogP contribution in [0.15, 0.2) is 0 Å². The van der Waals surface area contributed by atoms with Crippen molar-refractivity contribution in [2.24, 2.45) is 0 Å². The number of likely N-dealkylation sites (tertiary alicyclic amines) is 1. The lowest BCUT2D eigenvalue weighted by atomic mass is 9.96. The zero-order valence-electron chi connectivity index (χ0n) is 8.40. The Bertz CT molecular complexity index is 241. The molecule has 1 aliphatic heterocycles. The summed E-state index contributed by atoms with van der Waals surface area (Å²) in [5, 5.41) is 9.04. The van der Waals surface area contributed by atoms with Crippen LogP contribution in [-0.4, -0.2) is 47.7 Å². The van der Waals surface area contributed by atoms with Crippen molar-refractivity contribution in [2.75, 3.05) is 13.7 Å². The van der Waals surface area contributed by atoms with Gasteiger partial charge in [-0.25, -0.2) is 4.79 Å². The highest BCUT2D eigenvalue weighted by molar-refractivity contribution is 5.83. The van der Waals surface area contributed by atoms with Crippen LogP contribution in [0.5, 0.6) is 0 Å². The summed E-state index contributed by atoms with van der Waals surface area (Å²) in [5.74, 6) is 0.0803. The number of methoxy groups -OCH3 is 1. The summed E-state index contributed by atoms with van der Waals surface area (Å²) in [4.78, 5) is 24.0. The van der Waals surface area contributed by atoms with Gasteiger partial charge in [-0.15, -0.1) is 0 Å². The zero-order chi connectivity index (χ0) is 10.7. The number of carbonyl (C=O) groups is 2. The molecule has 1 aliphatic rings. The number of Topliss-reactive ketones (excluding diaryl/α,β-unsaturated/α-hetero) is 1. The van der Waals surface area contributed by atoms with Crippen LogP contribution in [0.1, 0.15) is 19.8 Å². The maximum absolute atomic E-state index is 11.3. The van der Waals surface area contributed by atoms with Gasteiger partial charge in [0, 0.05) is 18.9 Å². The van der Waals surface area contributed by atoms with E-state index in [9.17, 15) is 9.59 Å². The molecule has 1 saturated heterocycles. The molecular formula is C9H15NO4. The van der Waals surface area contributed by atoms with Gasteiger partial charge in [0.15, 0.2) is 0 Å². The number of ether oxygens (including phenoxy) is 1. The second kappa shape index (κ2) is 4.41. The maximum atomic E-state index is 11.3. The van der Waals surface area contributed by atoms with Crippen molar-refractivity contribution < 1.29 is 19.4 Å². The lowest BCUT2D eigenvalue weighted by Crippen LogP contribution is -2.52. The summed E-state index contributed by atoms with van der Waals surface area (Å²) in [6, 6.07) is -0.625. The van der Waals surface area contributed by atoms with Gasteiger partial charge in [0.1, 0.15) is 5.78 Å². The Balaban J connectivity index is 2.78. The Morgan fingerprint density at radius 2 is 2.29 bits per heavy atom. The molecule has 1 heterocycles. The summed E-state index contributed by atoms with van der Waals surface area (Å²) in [6.07, 6.45) is 0.0747. The van der Waals surface area contributed by atoms with Crippen molar-refractivity contribution in [3.63, 3.8) is 0 Å². The van der Waals surface area contributed by atoms with Crippen LogP contribution in [-0.2, 0) is 9.53 Å². The topological polar surface area (TPSA) is 66.8 Å². The number of aliphatic hydroxyl groups excluding tert-OH is 1. The number of carbonyl (C=O) groups excluding carboxylic acids is 2. The fourth-order valence-electron chi connectivity index (χ4n) is 1.82. The molecule has 5 heteroatoms. The molecule has 0 aliphatic carbocycles. The minimum atomic E-state index is -0.482. The molecule has 0 aromatic heterocycles. The number of aliphatic hydroxyl groups is 1. The number of rotatable bonds is 1. The van der Waals surface area contributed by atoms with E-state index in [0.717, 1.165) is 0 Å². The molecule has 1 amide bonds. The Morgan fingerprint density at radius 1 is 1.64 bits per heavy atom. The molecule has 2 unspecified atom stereocenters. The minimum absolute atomic E-state index is 0.0803. The number of piperidine rings is 1. The van der Waals surface area contributed by atoms with Crippen LogP contribution < -0.4 is 0 Å². The lowest BCUT2D eigenvalue weighted by Gasteiger charge is -2.37. The lowest BCUT2D eigenvalue weighted by molar-refractivity contribution is -0.125. The molecule has 0 spiro atoms. The molecule has 2 atom stereocenters. The van der Waals surface area contributed by atoms with E-state index in [0.29, 0.717) is 6.42 Å². The van der Waals surface area contributed by atoms with Crippen molar-refractivity contribution in [1.82, 2.24) is 4.90 Å². The quantitative estimate of drug-likeness (QED) is 0.656. The van der Waals surface area contributed by atoms with Crippen LogP contribution in [0.4, 0.5) is 4.79 Å². The fraction of sp³-hybridized carbons (Fsp3) is 0.778. The van der Waals surface area contributed by atoms with Gasteiger partial charge >= 0.3 is 6.09 Å². The predicted octanol–water partition coefficient (Wildman–Crippen LogP) is 0.167. The van der Waals surface area contributed by atoms with E-state index in [-0.39, 0.29) is 24.9 Å². The van der Waals surface area contributed by atoms with Crippen LogP contribution >= 0.6 is 0 Å². The molecule has 1 rings (SSSR count). The van der Waals surface area contributed by atoms with Gasteiger partial charge in [-0.05, 0) is 6.92 Å².